The first-order valence-corrected chi connectivity index (χ1v) is 9.60. The zero-order chi connectivity index (χ0) is 17.1. The SMILES string of the molecule is Fc1ccccc1OCCN1CCCCC1c1nc2ccccc2s1. The fraction of sp³-hybridized carbons (Fsp3) is 0.350. The lowest BCUT2D eigenvalue weighted by molar-refractivity contribution is 0.122. The third-order valence-corrected chi connectivity index (χ3v) is 5.82. The number of benzene rings is 2. The van der Waals surface area contributed by atoms with Crippen LogP contribution in [-0.4, -0.2) is 29.6 Å². The predicted molar refractivity (Wildman–Crippen MR) is 99.7 cm³/mol. The predicted octanol–water partition coefficient (Wildman–Crippen LogP) is 5.04. The highest BCUT2D eigenvalue weighted by Crippen LogP contribution is 2.35. The first-order valence-electron chi connectivity index (χ1n) is 8.78. The van der Waals surface area contributed by atoms with Gasteiger partial charge >= 0.3 is 0 Å². The van der Waals surface area contributed by atoms with Crippen LogP contribution in [0.25, 0.3) is 10.2 Å². The highest BCUT2D eigenvalue weighted by Gasteiger charge is 2.26. The monoisotopic (exact) mass is 356 g/mol. The van der Waals surface area contributed by atoms with E-state index < -0.39 is 0 Å². The number of aromatic nitrogens is 1. The Balaban J connectivity index is 1.45. The molecule has 2 heterocycles. The minimum absolute atomic E-state index is 0.302. The van der Waals surface area contributed by atoms with Crippen molar-refractivity contribution < 1.29 is 9.13 Å². The Hall–Kier alpha value is -1.98. The average Bonchev–Trinajstić information content (AvgIpc) is 3.08. The maximum atomic E-state index is 13.7. The molecule has 1 aliphatic heterocycles. The number of thiazole rings is 1. The van der Waals surface area contributed by atoms with Crippen molar-refractivity contribution in [3.8, 4) is 5.75 Å². The quantitative estimate of drug-likeness (QED) is 0.640. The molecule has 4 rings (SSSR count). The molecule has 1 unspecified atom stereocenters. The number of likely N-dealkylation sites (tertiary alicyclic amines) is 1. The van der Waals surface area contributed by atoms with Crippen molar-refractivity contribution >= 4 is 21.6 Å². The van der Waals surface area contributed by atoms with Gasteiger partial charge in [0.25, 0.3) is 0 Å². The van der Waals surface area contributed by atoms with E-state index in [0.717, 1.165) is 25.0 Å². The molecule has 1 fully saturated rings. The van der Waals surface area contributed by atoms with E-state index in [-0.39, 0.29) is 5.82 Å². The molecule has 0 saturated carbocycles. The van der Waals surface area contributed by atoms with Crippen molar-refractivity contribution in [2.45, 2.75) is 25.3 Å². The van der Waals surface area contributed by atoms with Crippen LogP contribution < -0.4 is 4.74 Å². The Kier molecular flexibility index (Phi) is 4.95. The molecular weight excluding hydrogens is 335 g/mol. The number of fused-ring (bicyclic) bond motifs is 1. The number of nitrogens with zero attached hydrogens (tertiary/aromatic N) is 2. The molecule has 0 aliphatic carbocycles. The van der Waals surface area contributed by atoms with E-state index in [1.807, 2.05) is 6.07 Å². The Morgan fingerprint density at radius 1 is 1.12 bits per heavy atom. The first-order chi connectivity index (χ1) is 12.3. The molecule has 25 heavy (non-hydrogen) atoms. The van der Waals surface area contributed by atoms with Crippen LogP contribution in [0.4, 0.5) is 4.39 Å². The van der Waals surface area contributed by atoms with Gasteiger partial charge in [0.15, 0.2) is 11.6 Å². The van der Waals surface area contributed by atoms with Crippen molar-refractivity contribution in [3.05, 3.63) is 59.4 Å². The summed E-state index contributed by atoms with van der Waals surface area (Å²) in [7, 11) is 0. The zero-order valence-corrected chi connectivity index (χ0v) is 14.8. The lowest BCUT2D eigenvalue weighted by atomic mass is 10.0. The Labute approximate surface area is 151 Å². The van der Waals surface area contributed by atoms with E-state index in [0.29, 0.717) is 18.4 Å². The normalized spacial score (nSPS) is 18.5. The largest absolute Gasteiger partial charge is 0.489 e. The van der Waals surface area contributed by atoms with Crippen LogP contribution in [0.2, 0.25) is 0 Å². The number of halogens is 1. The van der Waals surface area contributed by atoms with E-state index in [1.165, 1.54) is 28.6 Å². The maximum Gasteiger partial charge on any atom is 0.165 e. The second-order valence-corrected chi connectivity index (χ2v) is 7.41. The lowest BCUT2D eigenvalue weighted by Crippen LogP contribution is -2.36. The molecule has 0 radical (unpaired) electrons. The molecule has 1 aromatic heterocycles. The minimum Gasteiger partial charge on any atom is -0.489 e. The van der Waals surface area contributed by atoms with Gasteiger partial charge in [0.2, 0.25) is 0 Å². The molecule has 1 aliphatic rings. The molecule has 0 N–H and O–H groups in total. The lowest BCUT2D eigenvalue weighted by Gasteiger charge is -2.34. The fourth-order valence-electron chi connectivity index (χ4n) is 3.41. The first kappa shape index (κ1) is 16.5. The highest BCUT2D eigenvalue weighted by atomic mass is 32.1. The molecule has 3 nitrogen and oxygen atoms in total. The number of hydrogen-bond donors (Lipinski definition) is 0. The Morgan fingerprint density at radius 2 is 1.96 bits per heavy atom. The van der Waals surface area contributed by atoms with E-state index in [4.69, 9.17) is 9.72 Å². The second kappa shape index (κ2) is 7.50. The van der Waals surface area contributed by atoms with Crippen LogP contribution in [-0.2, 0) is 0 Å². The summed E-state index contributed by atoms with van der Waals surface area (Å²) < 4.78 is 20.6. The summed E-state index contributed by atoms with van der Waals surface area (Å²) in [4.78, 5) is 7.28. The Morgan fingerprint density at radius 3 is 2.84 bits per heavy atom. The van der Waals surface area contributed by atoms with Crippen molar-refractivity contribution in [2.75, 3.05) is 19.7 Å². The zero-order valence-electron chi connectivity index (χ0n) is 14.0. The van der Waals surface area contributed by atoms with Gasteiger partial charge in [-0.15, -0.1) is 11.3 Å². The van der Waals surface area contributed by atoms with Gasteiger partial charge in [-0.25, -0.2) is 9.37 Å². The summed E-state index contributed by atoms with van der Waals surface area (Å²) in [5.41, 5.74) is 1.08. The van der Waals surface area contributed by atoms with Crippen LogP contribution >= 0.6 is 11.3 Å². The molecule has 5 heteroatoms. The van der Waals surface area contributed by atoms with Gasteiger partial charge in [0, 0.05) is 6.54 Å². The van der Waals surface area contributed by atoms with Gasteiger partial charge < -0.3 is 4.74 Å². The average molecular weight is 356 g/mol. The van der Waals surface area contributed by atoms with Gasteiger partial charge in [-0.05, 0) is 43.7 Å². The van der Waals surface area contributed by atoms with E-state index in [2.05, 4.69) is 23.1 Å². The highest BCUT2D eigenvalue weighted by molar-refractivity contribution is 7.18. The molecule has 0 amide bonds. The third-order valence-electron chi connectivity index (χ3n) is 4.68. The molecule has 0 bridgehead atoms. The van der Waals surface area contributed by atoms with Crippen molar-refractivity contribution in [1.29, 1.82) is 0 Å². The summed E-state index contributed by atoms with van der Waals surface area (Å²) in [5.74, 6) is 0.0277. The van der Waals surface area contributed by atoms with Crippen molar-refractivity contribution in [2.24, 2.45) is 0 Å². The summed E-state index contributed by atoms with van der Waals surface area (Å²) >= 11 is 1.79. The van der Waals surface area contributed by atoms with Gasteiger partial charge in [-0.1, -0.05) is 30.7 Å². The fourth-order valence-corrected chi connectivity index (χ4v) is 4.54. The molecule has 130 valence electrons. The van der Waals surface area contributed by atoms with E-state index in [9.17, 15) is 4.39 Å². The van der Waals surface area contributed by atoms with Gasteiger partial charge in [0.05, 0.1) is 16.3 Å². The van der Waals surface area contributed by atoms with Gasteiger partial charge in [-0.3, -0.25) is 4.90 Å². The summed E-state index contributed by atoms with van der Waals surface area (Å²) in [6.45, 7) is 2.32. The van der Waals surface area contributed by atoms with Crippen LogP contribution in [0.3, 0.4) is 0 Å². The van der Waals surface area contributed by atoms with Crippen molar-refractivity contribution in [3.63, 3.8) is 0 Å². The van der Waals surface area contributed by atoms with Crippen LogP contribution in [0.15, 0.2) is 48.5 Å². The topological polar surface area (TPSA) is 25.4 Å². The minimum atomic E-state index is -0.302. The summed E-state index contributed by atoms with van der Waals surface area (Å²) in [6, 6.07) is 15.2. The van der Waals surface area contributed by atoms with Crippen molar-refractivity contribution in [1.82, 2.24) is 9.88 Å². The maximum absolute atomic E-state index is 13.7. The number of para-hydroxylation sites is 2. The molecule has 3 aromatic rings. The molecular formula is C20H21FN2OS. The Bertz CT molecular complexity index is 817. The van der Waals surface area contributed by atoms with Gasteiger partial charge in [0.1, 0.15) is 11.6 Å². The van der Waals surface area contributed by atoms with Gasteiger partial charge in [-0.2, -0.15) is 0 Å². The number of piperidine rings is 1. The standard InChI is InChI=1S/C20H21FN2OS/c21-15-7-1-3-10-18(15)24-14-13-23-12-6-5-9-17(23)20-22-16-8-2-4-11-19(16)25-20/h1-4,7-8,10-11,17H,5-6,9,12-14H2. The van der Waals surface area contributed by atoms with Crippen LogP contribution in [0.1, 0.15) is 30.3 Å². The van der Waals surface area contributed by atoms with E-state index >= 15 is 0 Å². The number of hydrogen-bond acceptors (Lipinski definition) is 4. The third kappa shape index (κ3) is 3.67. The second-order valence-electron chi connectivity index (χ2n) is 6.35. The van der Waals surface area contributed by atoms with E-state index in [1.54, 1.807) is 29.5 Å². The molecule has 0 spiro atoms. The number of rotatable bonds is 5. The van der Waals surface area contributed by atoms with Crippen LogP contribution in [0.5, 0.6) is 5.75 Å². The summed E-state index contributed by atoms with van der Waals surface area (Å²) in [6.07, 6.45) is 3.55. The smallest absolute Gasteiger partial charge is 0.165 e. The summed E-state index contributed by atoms with van der Waals surface area (Å²) in [5, 5.41) is 1.19. The number of ether oxygens (including phenoxy) is 1. The molecule has 2 aromatic carbocycles. The van der Waals surface area contributed by atoms with Crippen LogP contribution in [0, 0.1) is 5.82 Å². The molecule has 1 atom stereocenters. The molecule has 1 saturated heterocycles.